The van der Waals surface area contributed by atoms with Gasteiger partial charge in [0, 0.05) is 6.42 Å². The van der Waals surface area contributed by atoms with Gasteiger partial charge in [0.15, 0.2) is 11.5 Å². The maximum atomic E-state index is 6.39. The molecule has 1 aliphatic rings. The third-order valence-electron chi connectivity index (χ3n) is 7.68. The van der Waals surface area contributed by atoms with Crippen molar-refractivity contribution >= 4 is 32.6 Å². The Balaban J connectivity index is 1.22. The number of imidazole rings is 1. The van der Waals surface area contributed by atoms with Crippen LogP contribution in [0.5, 0.6) is 11.5 Å². The standard InChI is InChI=1S/C35H24N2O/c1-2-34-36-30-20-29(21-33-35(30)37(34)31-9-5-6-10-32(31)38-33)28-16-15-26-18-25(13-14-27(26)19-28)24-12-11-22-7-3-4-8-23(22)17-24/h3-21H,2H2,1H3. The van der Waals surface area contributed by atoms with E-state index < -0.39 is 0 Å². The van der Waals surface area contributed by atoms with Crippen molar-refractivity contribution in [3.05, 3.63) is 121 Å². The van der Waals surface area contributed by atoms with Gasteiger partial charge in [-0.3, -0.25) is 4.57 Å². The second-order valence-electron chi connectivity index (χ2n) is 9.97. The number of aromatic nitrogens is 2. The Morgan fingerprint density at radius 3 is 1.92 bits per heavy atom. The summed E-state index contributed by atoms with van der Waals surface area (Å²) < 4.78 is 8.64. The van der Waals surface area contributed by atoms with Gasteiger partial charge in [0.25, 0.3) is 0 Å². The van der Waals surface area contributed by atoms with Crippen molar-refractivity contribution < 1.29 is 4.74 Å². The fraction of sp³-hybridized carbons (Fsp3) is 0.0571. The molecule has 1 aromatic heterocycles. The number of hydrogen-bond acceptors (Lipinski definition) is 2. The quantitative estimate of drug-likeness (QED) is 0.248. The maximum absolute atomic E-state index is 6.39. The summed E-state index contributed by atoms with van der Waals surface area (Å²) >= 11 is 0. The molecule has 0 saturated heterocycles. The van der Waals surface area contributed by atoms with Gasteiger partial charge in [0.05, 0.1) is 11.2 Å². The molecule has 0 bridgehead atoms. The fourth-order valence-electron chi connectivity index (χ4n) is 5.78. The summed E-state index contributed by atoms with van der Waals surface area (Å²) in [6.07, 6.45) is 0.854. The first-order valence-corrected chi connectivity index (χ1v) is 13.1. The second kappa shape index (κ2) is 8.06. The lowest BCUT2D eigenvalue weighted by molar-refractivity contribution is 0.474. The topological polar surface area (TPSA) is 27.1 Å². The molecule has 2 heterocycles. The molecule has 0 atom stereocenters. The lowest BCUT2D eigenvalue weighted by Gasteiger charge is -2.21. The number of fused-ring (bicyclic) bond motifs is 4. The predicted molar refractivity (Wildman–Crippen MR) is 156 cm³/mol. The van der Waals surface area contributed by atoms with Crippen LogP contribution >= 0.6 is 0 Å². The molecule has 180 valence electrons. The zero-order chi connectivity index (χ0) is 25.2. The van der Waals surface area contributed by atoms with Gasteiger partial charge in [-0.2, -0.15) is 0 Å². The molecule has 0 spiro atoms. The van der Waals surface area contributed by atoms with Gasteiger partial charge in [-0.1, -0.05) is 79.7 Å². The Labute approximate surface area is 220 Å². The van der Waals surface area contributed by atoms with Crippen molar-refractivity contribution in [2.24, 2.45) is 0 Å². The molecule has 1 aliphatic heterocycles. The predicted octanol–water partition coefficient (Wildman–Crippen LogP) is 9.33. The van der Waals surface area contributed by atoms with E-state index in [0.717, 1.165) is 51.6 Å². The Kier molecular flexibility index (Phi) is 4.50. The first kappa shape index (κ1) is 21.2. The number of aryl methyl sites for hydroxylation is 1. The third kappa shape index (κ3) is 3.18. The second-order valence-corrected chi connectivity index (χ2v) is 9.97. The highest BCUT2D eigenvalue weighted by molar-refractivity contribution is 5.96. The smallest absolute Gasteiger partial charge is 0.154 e. The summed E-state index contributed by atoms with van der Waals surface area (Å²) in [4.78, 5) is 5.00. The largest absolute Gasteiger partial charge is 0.453 e. The molecule has 0 N–H and O–H groups in total. The van der Waals surface area contributed by atoms with Gasteiger partial charge >= 0.3 is 0 Å². The van der Waals surface area contributed by atoms with Gasteiger partial charge in [-0.25, -0.2) is 4.98 Å². The number of hydrogen-bond donors (Lipinski definition) is 0. The van der Waals surface area contributed by atoms with Crippen LogP contribution in [0.3, 0.4) is 0 Å². The highest BCUT2D eigenvalue weighted by atomic mass is 16.5. The molecule has 0 saturated carbocycles. The third-order valence-corrected chi connectivity index (χ3v) is 7.68. The number of para-hydroxylation sites is 2. The minimum Gasteiger partial charge on any atom is -0.453 e. The number of ether oxygens (including phenoxy) is 1. The molecule has 3 nitrogen and oxygen atoms in total. The van der Waals surface area contributed by atoms with E-state index in [1.807, 2.05) is 18.2 Å². The van der Waals surface area contributed by atoms with Gasteiger partial charge in [0.2, 0.25) is 0 Å². The summed E-state index contributed by atoms with van der Waals surface area (Å²) in [6.45, 7) is 2.15. The van der Waals surface area contributed by atoms with Crippen LogP contribution in [0.15, 0.2) is 115 Å². The van der Waals surface area contributed by atoms with E-state index in [0.29, 0.717) is 0 Å². The highest BCUT2D eigenvalue weighted by Crippen LogP contribution is 2.43. The Morgan fingerprint density at radius 2 is 1.18 bits per heavy atom. The van der Waals surface area contributed by atoms with Gasteiger partial charge in [0.1, 0.15) is 11.3 Å². The summed E-state index contributed by atoms with van der Waals surface area (Å²) in [6, 6.07) is 41.1. The minimum absolute atomic E-state index is 0.854. The van der Waals surface area contributed by atoms with Crippen molar-refractivity contribution in [2.75, 3.05) is 0 Å². The van der Waals surface area contributed by atoms with E-state index in [9.17, 15) is 0 Å². The van der Waals surface area contributed by atoms with Crippen LogP contribution in [0.2, 0.25) is 0 Å². The first-order valence-electron chi connectivity index (χ1n) is 13.1. The SMILES string of the molecule is CCc1nc2cc(-c3ccc4cc(-c5ccc6ccccc6c5)ccc4c3)cc3c2n1-c1ccccc1O3. The van der Waals surface area contributed by atoms with Crippen LogP contribution in [-0.2, 0) is 6.42 Å². The van der Waals surface area contributed by atoms with Gasteiger partial charge in [-0.05, 0) is 86.3 Å². The van der Waals surface area contributed by atoms with Crippen molar-refractivity contribution in [2.45, 2.75) is 13.3 Å². The van der Waals surface area contributed by atoms with E-state index in [2.05, 4.69) is 109 Å². The van der Waals surface area contributed by atoms with E-state index in [-0.39, 0.29) is 0 Å². The van der Waals surface area contributed by atoms with Gasteiger partial charge in [-0.15, -0.1) is 0 Å². The molecule has 0 aliphatic carbocycles. The van der Waals surface area contributed by atoms with Crippen molar-refractivity contribution in [3.8, 4) is 39.4 Å². The van der Waals surface area contributed by atoms with Crippen molar-refractivity contribution in [1.29, 1.82) is 0 Å². The van der Waals surface area contributed by atoms with Gasteiger partial charge < -0.3 is 4.74 Å². The molecule has 38 heavy (non-hydrogen) atoms. The molecule has 0 amide bonds. The monoisotopic (exact) mass is 488 g/mol. The number of nitrogens with zero attached hydrogens (tertiary/aromatic N) is 2. The Bertz CT molecular complexity index is 2050. The van der Waals surface area contributed by atoms with Crippen LogP contribution < -0.4 is 4.74 Å². The van der Waals surface area contributed by atoms with E-state index >= 15 is 0 Å². The molecule has 0 radical (unpaired) electrons. The molecule has 0 unspecified atom stereocenters. The molecule has 8 rings (SSSR count). The lowest BCUT2D eigenvalue weighted by Crippen LogP contribution is -2.07. The van der Waals surface area contributed by atoms with E-state index in [1.165, 1.54) is 32.7 Å². The van der Waals surface area contributed by atoms with E-state index in [1.54, 1.807) is 0 Å². The first-order chi connectivity index (χ1) is 18.7. The van der Waals surface area contributed by atoms with Crippen LogP contribution in [-0.4, -0.2) is 9.55 Å². The van der Waals surface area contributed by atoms with E-state index in [4.69, 9.17) is 9.72 Å². The number of rotatable bonds is 3. The molecule has 0 fully saturated rings. The zero-order valence-corrected chi connectivity index (χ0v) is 21.0. The maximum Gasteiger partial charge on any atom is 0.154 e. The summed E-state index contributed by atoms with van der Waals surface area (Å²) in [5, 5.41) is 4.97. The van der Waals surface area contributed by atoms with Crippen molar-refractivity contribution in [3.63, 3.8) is 0 Å². The molecule has 6 aromatic carbocycles. The van der Waals surface area contributed by atoms with Crippen molar-refractivity contribution in [1.82, 2.24) is 9.55 Å². The minimum atomic E-state index is 0.854. The number of benzene rings is 6. The summed E-state index contributed by atoms with van der Waals surface area (Å²) in [5.41, 5.74) is 7.80. The Hall–Kier alpha value is -4.89. The average Bonchev–Trinajstić information content (AvgIpc) is 3.36. The fourth-order valence-corrected chi connectivity index (χ4v) is 5.78. The van der Waals surface area contributed by atoms with Crippen LogP contribution in [0.25, 0.3) is 60.5 Å². The van der Waals surface area contributed by atoms with Crippen LogP contribution in [0.1, 0.15) is 12.7 Å². The molecule has 7 aromatic rings. The molecular formula is C35H24N2O. The zero-order valence-electron chi connectivity index (χ0n) is 21.0. The summed E-state index contributed by atoms with van der Waals surface area (Å²) in [7, 11) is 0. The Morgan fingerprint density at radius 1 is 0.579 bits per heavy atom. The lowest BCUT2D eigenvalue weighted by atomic mass is 9.96. The average molecular weight is 489 g/mol. The van der Waals surface area contributed by atoms with Crippen LogP contribution in [0.4, 0.5) is 0 Å². The molecular weight excluding hydrogens is 464 g/mol. The molecule has 3 heteroatoms. The van der Waals surface area contributed by atoms with Crippen LogP contribution in [0, 0.1) is 0 Å². The summed E-state index contributed by atoms with van der Waals surface area (Å²) in [5.74, 6) is 2.77. The highest BCUT2D eigenvalue weighted by Gasteiger charge is 2.24. The normalized spacial score (nSPS) is 12.1.